The van der Waals surface area contributed by atoms with Gasteiger partial charge in [0, 0.05) is 11.8 Å². The Labute approximate surface area is 109 Å². The minimum absolute atomic E-state index is 0.0462. The number of carboxylic acid groups (broad SMARTS) is 1. The molecule has 0 saturated carbocycles. The molecule has 1 heterocycles. The normalized spacial score (nSPS) is 22.8. The molecule has 0 aromatic heterocycles. The van der Waals surface area contributed by atoms with E-state index in [9.17, 15) is 4.79 Å². The summed E-state index contributed by atoms with van der Waals surface area (Å²) >= 11 is 1.57. The van der Waals surface area contributed by atoms with Gasteiger partial charge in [-0.2, -0.15) is 0 Å². The molecule has 1 aliphatic heterocycles. The summed E-state index contributed by atoms with van der Waals surface area (Å²) in [6.07, 6.45) is 0. The van der Waals surface area contributed by atoms with E-state index in [2.05, 4.69) is 5.32 Å². The van der Waals surface area contributed by atoms with Crippen LogP contribution in [0, 0.1) is 0 Å². The average molecular weight is 269 g/mol. The highest BCUT2D eigenvalue weighted by molar-refractivity contribution is 7.99. The molecule has 0 amide bonds. The van der Waals surface area contributed by atoms with Gasteiger partial charge >= 0.3 is 5.97 Å². The minimum atomic E-state index is -0.820. The Morgan fingerprint density at radius 2 is 1.94 bits per heavy atom. The first kappa shape index (κ1) is 13.0. The van der Waals surface area contributed by atoms with Crippen LogP contribution < -0.4 is 14.8 Å². The van der Waals surface area contributed by atoms with Crippen molar-refractivity contribution in [3.8, 4) is 11.5 Å². The molecule has 1 saturated heterocycles. The number of rotatable bonds is 4. The Balaban J connectivity index is 2.20. The maximum absolute atomic E-state index is 10.9. The molecule has 1 unspecified atom stereocenters. The molecule has 2 atom stereocenters. The van der Waals surface area contributed by atoms with Crippen molar-refractivity contribution in [1.29, 1.82) is 0 Å². The predicted octanol–water partition coefficient (Wildman–Crippen LogP) is 1.49. The van der Waals surface area contributed by atoms with Crippen LogP contribution in [-0.2, 0) is 4.79 Å². The van der Waals surface area contributed by atoms with Crippen molar-refractivity contribution in [3.63, 3.8) is 0 Å². The number of nitrogens with one attached hydrogen (secondary N) is 1. The SMILES string of the molecule is COc1cc(OC)cc(C2N[C@@H](C(=O)O)CS2)c1. The summed E-state index contributed by atoms with van der Waals surface area (Å²) in [7, 11) is 3.18. The quantitative estimate of drug-likeness (QED) is 0.863. The summed E-state index contributed by atoms with van der Waals surface area (Å²) in [5.41, 5.74) is 0.958. The molecular formula is C12H15NO4S. The van der Waals surface area contributed by atoms with Gasteiger partial charge in [-0.15, -0.1) is 11.8 Å². The van der Waals surface area contributed by atoms with Crippen LogP contribution in [0.25, 0.3) is 0 Å². The number of benzene rings is 1. The van der Waals surface area contributed by atoms with Crippen molar-refractivity contribution < 1.29 is 19.4 Å². The second kappa shape index (κ2) is 5.49. The van der Waals surface area contributed by atoms with Gasteiger partial charge in [-0.05, 0) is 17.7 Å². The van der Waals surface area contributed by atoms with Gasteiger partial charge in [0.15, 0.2) is 0 Å². The van der Waals surface area contributed by atoms with Crippen molar-refractivity contribution >= 4 is 17.7 Å². The van der Waals surface area contributed by atoms with Crippen LogP contribution in [0.1, 0.15) is 10.9 Å². The third kappa shape index (κ3) is 2.70. The van der Waals surface area contributed by atoms with E-state index in [0.717, 1.165) is 5.56 Å². The van der Waals surface area contributed by atoms with Crippen LogP contribution in [0.15, 0.2) is 18.2 Å². The summed E-state index contributed by atoms with van der Waals surface area (Å²) in [4.78, 5) is 10.9. The highest BCUT2D eigenvalue weighted by Gasteiger charge is 2.30. The number of carbonyl (C=O) groups is 1. The Bertz CT molecular complexity index is 429. The van der Waals surface area contributed by atoms with Gasteiger partial charge < -0.3 is 14.6 Å². The number of carboxylic acids is 1. The monoisotopic (exact) mass is 269 g/mol. The van der Waals surface area contributed by atoms with Crippen molar-refractivity contribution in [2.75, 3.05) is 20.0 Å². The lowest BCUT2D eigenvalue weighted by Gasteiger charge is -2.14. The van der Waals surface area contributed by atoms with Crippen molar-refractivity contribution in [3.05, 3.63) is 23.8 Å². The first-order chi connectivity index (χ1) is 8.63. The molecule has 1 aromatic carbocycles. The fourth-order valence-electron chi connectivity index (χ4n) is 1.79. The Hall–Kier alpha value is -1.40. The standard InChI is InChI=1S/C12H15NO4S/c1-16-8-3-7(4-9(5-8)17-2)11-13-10(6-18-11)12(14)15/h3-5,10-11,13H,6H2,1-2H3,(H,14,15)/t10-,11?/m1/s1. The van der Waals surface area contributed by atoms with Crippen molar-refractivity contribution in [2.24, 2.45) is 0 Å². The third-order valence-electron chi connectivity index (χ3n) is 2.76. The lowest BCUT2D eigenvalue weighted by atomic mass is 10.2. The second-order valence-corrected chi connectivity index (χ2v) is 5.05. The van der Waals surface area contributed by atoms with Gasteiger partial charge in [0.25, 0.3) is 0 Å². The average Bonchev–Trinajstić information content (AvgIpc) is 2.87. The van der Waals surface area contributed by atoms with E-state index in [1.807, 2.05) is 12.1 Å². The molecule has 18 heavy (non-hydrogen) atoms. The topological polar surface area (TPSA) is 67.8 Å². The minimum Gasteiger partial charge on any atom is -0.497 e. The van der Waals surface area contributed by atoms with Gasteiger partial charge in [-0.3, -0.25) is 10.1 Å². The van der Waals surface area contributed by atoms with E-state index in [0.29, 0.717) is 17.3 Å². The predicted molar refractivity (Wildman–Crippen MR) is 69.3 cm³/mol. The Morgan fingerprint density at radius 3 is 2.39 bits per heavy atom. The summed E-state index contributed by atoms with van der Waals surface area (Å²) in [5, 5.41) is 12.0. The first-order valence-corrected chi connectivity index (χ1v) is 6.52. The highest BCUT2D eigenvalue weighted by atomic mass is 32.2. The lowest BCUT2D eigenvalue weighted by molar-refractivity contribution is -0.138. The number of aliphatic carboxylic acids is 1. The van der Waals surface area contributed by atoms with Crippen LogP contribution in [0.3, 0.4) is 0 Å². The van der Waals surface area contributed by atoms with Crippen LogP contribution in [-0.4, -0.2) is 37.1 Å². The zero-order chi connectivity index (χ0) is 13.1. The maximum atomic E-state index is 10.9. The van der Waals surface area contributed by atoms with Gasteiger partial charge in [0.1, 0.15) is 17.5 Å². The van der Waals surface area contributed by atoms with Crippen LogP contribution >= 0.6 is 11.8 Å². The third-order valence-corrected chi connectivity index (χ3v) is 4.02. The van der Waals surface area contributed by atoms with Crippen LogP contribution in [0.4, 0.5) is 0 Å². The second-order valence-electron chi connectivity index (χ2n) is 3.92. The first-order valence-electron chi connectivity index (χ1n) is 5.47. The molecule has 0 radical (unpaired) electrons. The lowest BCUT2D eigenvalue weighted by Crippen LogP contribution is -2.33. The largest absolute Gasteiger partial charge is 0.497 e. The summed E-state index contributed by atoms with van der Waals surface area (Å²) < 4.78 is 10.4. The van der Waals surface area contributed by atoms with Crippen molar-refractivity contribution in [2.45, 2.75) is 11.4 Å². The molecule has 0 bridgehead atoms. The highest BCUT2D eigenvalue weighted by Crippen LogP contribution is 2.36. The molecule has 1 aromatic rings. The van der Waals surface area contributed by atoms with Gasteiger partial charge in [0.2, 0.25) is 0 Å². The number of thioether (sulfide) groups is 1. The van der Waals surface area contributed by atoms with E-state index in [1.165, 1.54) is 0 Å². The fraction of sp³-hybridized carbons (Fsp3) is 0.417. The molecule has 2 N–H and O–H groups in total. The molecule has 98 valence electrons. The zero-order valence-electron chi connectivity index (χ0n) is 10.2. The van der Waals surface area contributed by atoms with E-state index < -0.39 is 12.0 Å². The molecular weight excluding hydrogens is 254 g/mol. The number of hydrogen-bond acceptors (Lipinski definition) is 5. The summed E-state index contributed by atoms with van der Waals surface area (Å²) in [6.45, 7) is 0. The smallest absolute Gasteiger partial charge is 0.321 e. The van der Waals surface area contributed by atoms with Crippen molar-refractivity contribution in [1.82, 2.24) is 5.32 Å². The number of hydrogen-bond donors (Lipinski definition) is 2. The zero-order valence-corrected chi connectivity index (χ0v) is 11.0. The molecule has 5 nitrogen and oxygen atoms in total. The Kier molecular flexibility index (Phi) is 3.98. The van der Waals surface area contributed by atoms with Gasteiger partial charge in [0.05, 0.1) is 19.6 Å². The van der Waals surface area contributed by atoms with Crippen LogP contribution in [0.2, 0.25) is 0 Å². The maximum Gasteiger partial charge on any atom is 0.321 e. The van der Waals surface area contributed by atoms with E-state index in [4.69, 9.17) is 14.6 Å². The number of methoxy groups -OCH3 is 2. The molecule has 1 fully saturated rings. The molecule has 6 heteroatoms. The number of ether oxygens (including phenoxy) is 2. The summed E-state index contributed by atoms with van der Waals surface area (Å²) in [5.74, 6) is 1.13. The molecule has 1 aliphatic rings. The van der Waals surface area contributed by atoms with Crippen LogP contribution in [0.5, 0.6) is 11.5 Å². The fourth-order valence-corrected chi connectivity index (χ4v) is 3.00. The van der Waals surface area contributed by atoms with E-state index >= 15 is 0 Å². The van der Waals surface area contributed by atoms with Gasteiger partial charge in [-0.25, -0.2) is 0 Å². The molecule has 2 rings (SSSR count). The van der Waals surface area contributed by atoms with E-state index in [1.54, 1.807) is 32.0 Å². The molecule has 0 aliphatic carbocycles. The summed E-state index contributed by atoms with van der Waals surface area (Å²) in [6, 6.07) is 5.06. The molecule has 0 spiro atoms. The van der Waals surface area contributed by atoms with Gasteiger partial charge in [-0.1, -0.05) is 0 Å². The Morgan fingerprint density at radius 1 is 1.33 bits per heavy atom. The van der Waals surface area contributed by atoms with E-state index in [-0.39, 0.29) is 5.37 Å².